The predicted molar refractivity (Wildman–Crippen MR) is 84.3 cm³/mol. The average molecular weight is 322 g/mol. The number of aliphatic hydroxyl groups is 1. The molecule has 2 amide bonds. The number of carbonyl (C=O) groups is 2. The Hall–Kier alpha value is -1.95. The smallest absolute Gasteiger partial charge is 0.253 e. The highest BCUT2D eigenvalue weighted by Crippen LogP contribution is 2.19. The highest BCUT2D eigenvalue weighted by atomic mass is 19.1. The number of halogens is 1. The van der Waals surface area contributed by atoms with Crippen LogP contribution in [0.15, 0.2) is 24.3 Å². The molecule has 126 valence electrons. The summed E-state index contributed by atoms with van der Waals surface area (Å²) in [6, 6.07) is 5.19. The second kappa shape index (κ2) is 8.06. The summed E-state index contributed by atoms with van der Waals surface area (Å²) in [5.41, 5.74) is 0.425. The lowest BCUT2D eigenvalue weighted by Crippen LogP contribution is -2.48. The van der Waals surface area contributed by atoms with E-state index < -0.39 is 0 Å². The lowest BCUT2D eigenvalue weighted by Gasteiger charge is -2.32. The summed E-state index contributed by atoms with van der Waals surface area (Å²) >= 11 is 0. The van der Waals surface area contributed by atoms with Crippen molar-refractivity contribution in [3.63, 3.8) is 0 Å². The molecule has 1 aromatic rings. The molecule has 0 radical (unpaired) electrons. The van der Waals surface area contributed by atoms with Gasteiger partial charge in [-0.05, 0) is 43.5 Å². The highest BCUT2D eigenvalue weighted by Gasteiger charge is 2.29. The molecule has 1 aromatic carbocycles. The molecule has 1 saturated heterocycles. The van der Waals surface area contributed by atoms with Gasteiger partial charge in [0.2, 0.25) is 5.91 Å². The molecule has 2 N–H and O–H groups in total. The Morgan fingerprint density at radius 2 is 2.09 bits per heavy atom. The number of amides is 2. The number of hydrogen-bond donors (Lipinski definition) is 2. The Morgan fingerprint density at radius 3 is 2.70 bits per heavy atom. The van der Waals surface area contributed by atoms with E-state index in [-0.39, 0.29) is 36.2 Å². The largest absolute Gasteiger partial charge is 0.394 e. The predicted octanol–water partition coefficient (Wildman–Crippen LogP) is 1.56. The maximum atomic E-state index is 13.0. The number of rotatable bonds is 5. The first-order valence-electron chi connectivity index (χ1n) is 8.01. The molecule has 2 rings (SSSR count). The van der Waals surface area contributed by atoms with Crippen LogP contribution >= 0.6 is 0 Å². The zero-order chi connectivity index (χ0) is 16.8. The summed E-state index contributed by atoms with van der Waals surface area (Å²) in [7, 11) is 0. The molecule has 1 aliphatic rings. The summed E-state index contributed by atoms with van der Waals surface area (Å²) in [6.45, 7) is 2.75. The van der Waals surface area contributed by atoms with Crippen molar-refractivity contribution >= 4 is 11.8 Å². The van der Waals surface area contributed by atoms with Crippen LogP contribution in [-0.4, -0.2) is 47.6 Å². The van der Waals surface area contributed by atoms with Crippen LogP contribution in [0.5, 0.6) is 0 Å². The number of carbonyl (C=O) groups excluding carboxylic acids is 2. The van der Waals surface area contributed by atoms with Crippen molar-refractivity contribution in [3.05, 3.63) is 35.6 Å². The van der Waals surface area contributed by atoms with Crippen LogP contribution in [0.1, 0.15) is 36.5 Å². The van der Waals surface area contributed by atoms with E-state index >= 15 is 0 Å². The lowest BCUT2D eigenvalue weighted by atomic mass is 9.96. The van der Waals surface area contributed by atoms with E-state index in [0.717, 1.165) is 12.8 Å². The Morgan fingerprint density at radius 1 is 1.39 bits per heavy atom. The monoisotopic (exact) mass is 322 g/mol. The van der Waals surface area contributed by atoms with E-state index in [0.29, 0.717) is 25.1 Å². The first-order chi connectivity index (χ1) is 11.0. The number of nitrogens with zero attached hydrogens (tertiary/aromatic N) is 1. The van der Waals surface area contributed by atoms with Crippen molar-refractivity contribution in [3.8, 4) is 0 Å². The maximum Gasteiger partial charge on any atom is 0.253 e. The SMILES string of the molecule is CCC(CO)NC(=O)C1CCCN(C(=O)c2ccc(F)cc2)C1. The number of benzene rings is 1. The quantitative estimate of drug-likeness (QED) is 0.864. The molecule has 6 heteroatoms. The lowest BCUT2D eigenvalue weighted by molar-refractivity contribution is -0.127. The fraction of sp³-hybridized carbons (Fsp3) is 0.529. The first kappa shape index (κ1) is 17.4. The summed E-state index contributed by atoms with van der Waals surface area (Å²) in [6.07, 6.45) is 2.13. The fourth-order valence-corrected chi connectivity index (χ4v) is 2.75. The van der Waals surface area contributed by atoms with E-state index in [4.69, 9.17) is 0 Å². The minimum absolute atomic E-state index is 0.0901. The zero-order valence-electron chi connectivity index (χ0n) is 13.3. The summed E-state index contributed by atoms with van der Waals surface area (Å²) in [5, 5.41) is 12.0. The van der Waals surface area contributed by atoms with Gasteiger partial charge in [-0.2, -0.15) is 0 Å². The van der Waals surface area contributed by atoms with Crippen LogP contribution < -0.4 is 5.32 Å². The molecular formula is C17H23FN2O3. The zero-order valence-corrected chi connectivity index (χ0v) is 13.3. The van der Waals surface area contributed by atoms with Gasteiger partial charge in [-0.3, -0.25) is 9.59 Å². The fourth-order valence-electron chi connectivity index (χ4n) is 2.75. The number of piperidine rings is 1. The average Bonchev–Trinajstić information content (AvgIpc) is 2.59. The van der Waals surface area contributed by atoms with E-state index in [9.17, 15) is 19.1 Å². The van der Waals surface area contributed by atoms with Gasteiger partial charge in [0.05, 0.1) is 18.6 Å². The Labute approximate surface area is 135 Å². The molecule has 2 atom stereocenters. The first-order valence-corrected chi connectivity index (χ1v) is 8.01. The second-order valence-electron chi connectivity index (χ2n) is 5.89. The second-order valence-corrected chi connectivity index (χ2v) is 5.89. The van der Waals surface area contributed by atoms with Gasteiger partial charge in [-0.25, -0.2) is 4.39 Å². The molecule has 0 bridgehead atoms. The number of likely N-dealkylation sites (tertiary alicyclic amines) is 1. The van der Waals surface area contributed by atoms with Gasteiger partial charge in [0, 0.05) is 18.7 Å². The molecule has 5 nitrogen and oxygen atoms in total. The molecule has 0 aliphatic carbocycles. The third-order valence-corrected chi connectivity index (χ3v) is 4.23. The highest BCUT2D eigenvalue weighted by molar-refractivity contribution is 5.94. The van der Waals surface area contributed by atoms with Crippen LogP contribution in [0.25, 0.3) is 0 Å². The van der Waals surface area contributed by atoms with Gasteiger partial charge in [-0.1, -0.05) is 6.92 Å². The summed E-state index contributed by atoms with van der Waals surface area (Å²) < 4.78 is 13.0. The van der Waals surface area contributed by atoms with Crippen molar-refractivity contribution in [2.75, 3.05) is 19.7 Å². The Bertz CT molecular complexity index is 543. The topological polar surface area (TPSA) is 69.6 Å². The van der Waals surface area contributed by atoms with Crippen molar-refractivity contribution < 1.29 is 19.1 Å². The van der Waals surface area contributed by atoms with E-state index in [1.807, 2.05) is 6.92 Å². The molecule has 2 unspecified atom stereocenters. The van der Waals surface area contributed by atoms with Crippen molar-refractivity contribution in [1.82, 2.24) is 10.2 Å². The molecule has 0 aromatic heterocycles. The van der Waals surface area contributed by atoms with Gasteiger partial charge in [0.1, 0.15) is 5.82 Å². The van der Waals surface area contributed by atoms with Gasteiger partial charge in [0.15, 0.2) is 0 Å². The van der Waals surface area contributed by atoms with Crippen molar-refractivity contribution in [2.45, 2.75) is 32.2 Å². The van der Waals surface area contributed by atoms with Gasteiger partial charge in [-0.15, -0.1) is 0 Å². The Balaban J connectivity index is 1.98. The minimum atomic E-state index is -0.382. The maximum absolute atomic E-state index is 13.0. The molecule has 1 fully saturated rings. The van der Waals surface area contributed by atoms with Gasteiger partial charge < -0.3 is 15.3 Å². The van der Waals surface area contributed by atoms with E-state index in [1.165, 1.54) is 24.3 Å². The molecule has 1 heterocycles. The van der Waals surface area contributed by atoms with E-state index in [1.54, 1.807) is 4.90 Å². The molecule has 0 spiro atoms. The van der Waals surface area contributed by atoms with Crippen molar-refractivity contribution in [2.24, 2.45) is 5.92 Å². The van der Waals surface area contributed by atoms with Crippen LogP contribution in [0.2, 0.25) is 0 Å². The summed E-state index contributed by atoms with van der Waals surface area (Å²) in [5.74, 6) is -0.958. The van der Waals surface area contributed by atoms with E-state index in [2.05, 4.69) is 5.32 Å². The van der Waals surface area contributed by atoms with Crippen LogP contribution in [-0.2, 0) is 4.79 Å². The van der Waals surface area contributed by atoms with Crippen LogP contribution in [0.3, 0.4) is 0 Å². The Kier molecular flexibility index (Phi) is 6.10. The molecular weight excluding hydrogens is 299 g/mol. The van der Waals surface area contributed by atoms with Crippen molar-refractivity contribution in [1.29, 1.82) is 0 Å². The van der Waals surface area contributed by atoms with Crippen LogP contribution in [0, 0.1) is 11.7 Å². The molecule has 0 saturated carbocycles. The molecule has 23 heavy (non-hydrogen) atoms. The van der Waals surface area contributed by atoms with Gasteiger partial charge >= 0.3 is 0 Å². The third kappa shape index (κ3) is 4.51. The third-order valence-electron chi connectivity index (χ3n) is 4.23. The number of aliphatic hydroxyl groups excluding tert-OH is 1. The summed E-state index contributed by atoms with van der Waals surface area (Å²) in [4.78, 5) is 26.4. The molecule has 1 aliphatic heterocycles. The van der Waals surface area contributed by atoms with Gasteiger partial charge in [0.25, 0.3) is 5.91 Å². The van der Waals surface area contributed by atoms with Crippen LogP contribution in [0.4, 0.5) is 4.39 Å². The standard InChI is InChI=1S/C17H23FN2O3/c1-2-15(11-21)19-16(22)13-4-3-9-20(10-13)17(23)12-5-7-14(18)8-6-12/h5-8,13,15,21H,2-4,9-11H2,1H3,(H,19,22). The number of nitrogens with one attached hydrogen (secondary N) is 1. The normalized spacial score (nSPS) is 19.3. The number of hydrogen-bond acceptors (Lipinski definition) is 3. The minimum Gasteiger partial charge on any atom is -0.394 e.